The number of H-pyrrole nitrogens is 1. The number of aromatic amines is 1. The Bertz CT molecular complexity index is 4140. The lowest BCUT2D eigenvalue weighted by Crippen LogP contribution is -2.24. The first kappa shape index (κ1) is 72.6. The van der Waals surface area contributed by atoms with Gasteiger partial charge in [-0.05, 0) is 201 Å². The number of rotatable bonds is 22. The van der Waals surface area contributed by atoms with Gasteiger partial charge in [-0.3, -0.25) is 33.0 Å². The van der Waals surface area contributed by atoms with E-state index in [4.69, 9.17) is 5.14 Å². The third kappa shape index (κ3) is 21.2. The lowest BCUT2D eigenvalue weighted by Gasteiger charge is -2.15. The summed E-state index contributed by atoms with van der Waals surface area (Å²) in [5, 5.41) is 60.2. The van der Waals surface area contributed by atoms with Gasteiger partial charge in [0, 0.05) is 90.5 Å². The van der Waals surface area contributed by atoms with Crippen LogP contribution in [0.3, 0.4) is 0 Å². The summed E-state index contributed by atoms with van der Waals surface area (Å²) in [6, 6.07) is 29.8. The minimum absolute atomic E-state index is 0.178. The van der Waals surface area contributed by atoms with E-state index in [1.165, 1.54) is 52.9 Å². The molecule has 3 aromatic carbocycles. The number of aliphatic hydroxyl groups is 3. The van der Waals surface area contributed by atoms with Crippen LogP contribution < -0.4 is 21.1 Å². The number of alkyl halides is 1. The molecule has 3 aliphatic rings. The highest BCUT2D eigenvalue weighted by Gasteiger charge is 2.36. The Hall–Kier alpha value is -6.64. The Morgan fingerprint density at radius 3 is 1.42 bits per heavy atom. The molecule has 0 unspecified atom stereocenters. The van der Waals surface area contributed by atoms with E-state index < -0.39 is 22.3 Å². The first-order valence-electron chi connectivity index (χ1n) is 30.5. The second kappa shape index (κ2) is 35.0. The van der Waals surface area contributed by atoms with Crippen molar-refractivity contribution < 1.29 is 42.3 Å². The molecule has 6 aromatic heterocycles. The molecule has 3 fully saturated rings. The molecule has 9 atom stereocenters. The predicted octanol–water partition coefficient (Wildman–Crippen LogP) is 9.14. The average molecular weight is 1710 g/mol. The molecule has 30 heteroatoms. The van der Waals surface area contributed by atoms with E-state index in [9.17, 15) is 38.1 Å². The van der Waals surface area contributed by atoms with Crippen LogP contribution in [0.5, 0.6) is 0 Å². The predicted molar refractivity (Wildman–Crippen MR) is 386 cm³/mol. The molecule has 500 valence electrons. The van der Waals surface area contributed by atoms with Crippen molar-refractivity contribution in [1.82, 2.24) is 59.7 Å². The molecule has 0 radical (unpaired) electrons. The quantitative estimate of drug-likeness (QED) is 0.0178. The number of aromatic nitrogens is 12. The van der Waals surface area contributed by atoms with Gasteiger partial charge in [0.25, 0.3) is 0 Å². The minimum atomic E-state index is -4.09. The fraction of sp³-hybridized carbons (Fsp3) is 0.354. The SMILES string of the molecule is BrCc1cccc(I)c1.C[C@H]1C[C@H](Nc2ncncc2C(=O)c2ccn(Cc3cccc(I)c3)n2)C[C@@H]1CO.C[C@H]1C[C@H](Nc2ncncc2C(=O)c2ccn[nH]2)C[C@@H]1CO.NS(=O)(=O)OC[C@H]1C[C@@H](Nc2ncncc2C(=O)c2ccn(Cc3cccc(I)c3)n2)C[C@@H]1O. The van der Waals surface area contributed by atoms with Crippen LogP contribution in [0, 0.1) is 40.3 Å². The van der Waals surface area contributed by atoms with E-state index in [0.717, 1.165) is 49.3 Å². The van der Waals surface area contributed by atoms with Crippen molar-refractivity contribution in [3.63, 3.8) is 0 Å². The second-order valence-electron chi connectivity index (χ2n) is 23.5. The zero-order valence-electron chi connectivity index (χ0n) is 51.7. The van der Waals surface area contributed by atoms with Gasteiger partial charge in [-0.15, -0.1) is 0 Å². The van der Waals surface area contributed by atoms with E-state index in [1.54, 1.807) is 33.8 Å². The second-order valence-corrected chi connectivity index (χ2v) is 29.0. The molecule has 0 amide bonds. The maximum absolute atomic E-state index is 13.2. The largest absolute Gasteiger partial charge is 0.396 e. The summed E-state index contributed by atoms with van der Waals surface area (Å²) >= 11 is 10.2. The van der Waals surface area contributed by atoms with E-state index in [2.05, 4.69) is 198 Å². The fourth-order valence-electron chi connectivity index (χ4n) is 11.6. The summed E-state index contributed by atoms with van der Waals surface area (Å²) in [5.41, 5.74) is 5.65. The van der Waals surface area contributed by atoms with Gasteiger partial charge in [0.1, 0.15) is 53.5 Å². The molecule has 0 spiro atoms. The normalized spacial score (nSPS) is 20.5. The number of nitrogens with two attached hydrogens (primary N) is 1. The first-order chi connectivity index (χ1) is 45.7. The number of ketones is 3. The number of halogens is 4. The molecule has 3 saturated carbocycles. The highest BCUT2D eigenvalue weighted by molar-refractivity contribution is 14.1. The average Bonchev–Trinajstić information content (AvgIpc) is 1.80. The van der Waals surface area contributed by atoms with Gasteiger partial charge in [0.05, 0.1) is 42.5 Å². The summed E-state index contributed by atoms with van der Waals surface area (Å²) in [4.78, 5) is 63.4. The summed E-state index contributed by atoms with van der Waals surface area (Å²) in [5.74, 6) is 1.69. The molecular formula is C65H72BrI3N16O9S. The summed E-state index contributed by atoms with van der Waals surface area (Å²) < 4.78 is 33.7. The zero-order chi connectivity index (χ0) is 67.6. The van der Waals surface area contributed by atoms with E-state index in [0.29, 0.717) is 83.7 Å². The van der Waals surface area contributed by atoms with Crippen molar-refractivity contribution in [3.05, 3.63) is 208 Å². The number of carbonyl (C=O) groups is 3. The Morgan fingerprint density at radius 1 is 0.611 bits per heavy atom. The van der Waals surface area contributed by atoms with Gasteiger partial charge in [-0.2, -0.15) is 23.7 Å². The molecular weight excluding hydrogens is 1640 g/mol. The molecule has 6 heterocycles. The van der Waals surface area contributed by atoms with Crippen molar-refractivity contribution in [2.24, 2.45) is 34.7 Å². The molecule has 95 heavy (non-hydrogen) atoms. The molecule has 9 aromatic rings. The monoisotopic (exact) mass is 1710 g/mol. The maximum atomic E-state index is 13.2. The van der Waals surface area contributed by atoms with Crippen LogP contribution in [0.1, 0.15) is 117 Å². The molecule has 0 aliphatic heterocycles. The molecule has 25 nitrogen and oxygen atoms in total. The van der Waals surface area contributed by atoms with Gasteiger partial charge in [-0.1, -0.05) is 66.2 Å². The number of anilines is 3. The number of carbonyl (C=O) groups excluding carboxylic acids is 3. The summed E-state index contributed by atoms with van der Waals surface area (Å²) in [6.07, 6.45) is 17.3. The Kier molecular flexibility index (Phi) is 26.8. The summed E-state index contributed by atoms with van der Waals surface area (Å²) in [7, 11) is -4.09. The van der Waals surface area contributed by atoms with E-state index in [1.807, 2.05) is 48.7 Å². The number of hydrogen-bond donors (Lipinski definition) is 8. The summed E-state index contributed by atoms with van der Waals surface area (Å²) in [6.45, 7) is 5.58. The van der Waals surface area contributed by atoms with Crippen LogP contribution in [0.2, 0.25) is 0 Å². The van der Waals surface area contributed by atoms with Crippen LogP contribution in [0.4, 0.5) is 17.5 Å². The van der Waals surface area contributed by atoms with Gasteiger partial charge < -0.3 is 31.3 Å². The van der Waals surface area contributed by atoms with Crippen LogP contribution in [0.25, 0.3) is 0 Å². The van der Waals surface area contributed by atoms with Crippen LogP contribution in [-0.2, 0) is 32.9 Å². The van der Waals surface area contributed by atoms with E-state index in [-0.39, 0.29) is 72.5 Å². The topological polar surface area (TPSA) is 359 Å². The van der Waals surface area contributed by atoms with Crippen molar-refractivity contribution in [2.45, 2.75) is 95.0 Å². The Labute approximate surface area is 599 Å². The van der Waals surface area contributed by atoms with E-state index >= 15 is 0 Å². The van der Waals surface area contributed by atoms with Crippen molar-refractivity contribution in [3.8, 4) is 0 Å². The number of aliphatic hydroxyl groups excluding tert-OH is 3. The van der Waals surface area contributed by atoms with Gasteiger partial charge in [0.2, 0.25) is 17.3 Å². The minimum Gasteiger partial charge on any atom is -0.396 e. The Balaban J connectivity index is 0.000000159. The van der Waals surface area contributed by atoms with Crippen molar-refractivity contribution in [2.75, 3.05) is 35.8 Å². The molecule has 3 aliphatic carbocycles. The molecule has 9 N–H and O–H groups in total. The highest BCUT2D eigenvalue weighted by Crippen LogP contribution is 2.35. The fourth-order valence-corrected chi connectivity index (χ4v) is 14.2. The number of benzene rings is 3. The Morgan fingerprint density at radius 2 is 1.03 bits per heavy atom. The van der Waals surface area contributed by atoms with Crippen LogP contribution in [0.15, 0.2) is 147 Å². The van der Waals surface area contributed by atoms with Crippen LogP contribution >= 0.6 is 83.7 Å². The van der Waals surface area contributed by atoms with Crippen molar-refractivity contribution >= 4 is 129 Å². The smallest absolute Gasteiger partial charge is 0.333 e. The molecule has 0 saturated heterocycles. The lowest BCUT2D eigenvalue weighted by molar-refractivity contribution is 0.100. The lowest BCUT2D eigenvalue weighted by atomic mass is 10.00. The standard InChI is InChI=1S/C22H24IN5O2.C21H23IN6O5S.C15H19N5O2.C7H6BrI/c1-14-7-18(9-16(14)12-29)26-22-19(10-24-13-25-22)21(30)20-5-6-28(27-20)11-15-3-2-4-17(23)8-15;22-15-3-1-2-13(6-15)10-28-5-4-18(27-28)20(30)17-9-24-12-25-21(17)26-16-7-14(19(29)8-16)11-33-34(23,31)32;1-9-4-11(5-10(9)7-21)19-15-12(6-16-8-17-15)14(22)13-2-3-18-20-13;8-5-6-2-1-3-7(9)4-6/h2-6,8,10,13-14,16,18,29H,7,9,11-12H2,1H3,(H,24,25,26);1-6,9,12,14,16,19,29H,7-8,10-11H2,(H2,23,31,32)(H,24,25,26);2-3,6,8-11,21H,4-5,7H2,1H3,(H,18,20)(H,16,17,19);1-4H,5H2/t14-,16+,18-;14-,16-,19+;9-,10+,11-;/m010./s1. The number of hydrogen-bond acceptors (Lipinski definition) is 21. The third-order valence-electron chi connectivity index (χ3n) is 16.6. The number of nitrogens with zero attached hydrogens (tertiary/aromatic N) is 11. The zero-order valence-corrected chi connectivity index (χ0v) is 60.6. The van der Waals surface area contributed by atoms with Gasteiger partial charge in [-0.25, -0.2) is 35.0 Å². The number of nitrogens with one attached hydrogen (secondary N) is 4. The first-order valence-corrected chi connectivity index (χ1v) is 36.3. The van der Waals surface area contributed by atoms with Crippen LogP contribution in [-0.4, -0.2) is 145 Å². The molecule has 0 bridgehead atoms. The van der Waals surface area contributed by atoms with Gasteiger partial charge >= 0.3 is 10.3 Å². The molecule has 12 rings (SSSR count). The van der Waals surface area contributed by atoms with Gasteiger partial charge in [0.15, 0.2) is 0 Å². The maximum Gasteiger partial charge on any atom is 0.333 e. The van der Waals surface area contributed by atoms with Crippen molar-refractivity contribution in [1.29, 1.82) is 0 Å². The third-order valence-corrected chi connectivity index (χ3v) is 19.7. The highest BCUT2D eigenvalue weighted by atomic mass is 127.